The lowest BCUT2D eigenvalue weighted by molar-refractivity contribution is 0.397. The van der Waals surface area contributed by atoms with Gasteiger partial charge in [0.1, 0.15) is 0 Å². The van der Waals surface area contributed by atoms with E-state index >= 15 is 0 Å². The number of alkyl halides is 2. The molecule has 0 fully saturated rings. The lowest BCUT2D eigenvalue weighted by Crippen LogP contribution is -2.19. The van der Waals surface area contributed by atoms with E-state index in [1.165, 1.54) is 12.8 Å². The highest BCUT2D eigenvalue weighted by atomic mass is 79.9. The predicted molar refractivity (Wildman–Crippen MR) is 50.6 cm³/mol. The van der Waals surface area contributed by atoms with Gasteiger partial charge in [-0.25, -0.2) is 0 Å². The van der Waals surface area contributed by atoms with Crippen LogP contribution in [0, 0.1) is 5.41 Å². The second-order valence-electron chi connectivity index (χ2n) is 2.83. The molecule has 0 saturated heterocycles. The third kappa shape index (κ3) is 3.61. The summed E-state index contributed by atoms with van der Waals surface area (Å²) in [4.78, 5) is 0. The molecule has 0 atom stereocenters. The van der Waals surface area contributed by atoms with Crippen LogP contribution >= 0.6 is 31.9 Å². The fourth-order valence-corrected chi connectivity index (χ4v) is 2.26. The zero-order chi connectivity index (χ0) is 7.33. The Kier molecular flexibility index (Phi) is 5.23. The Morgan fingerprint density at radius 2 is 1.67 bits per heavy atom. The highest BCUT2D eigenvalue weighted by Crippen LogP contribution is 2.27. The Morgan fingerprint density at radius 3 is 1.78 bits per heavy atom. The number of hydrogen-bond acceptors (Lipinski definition) is 0. The zero-order valence-corrected chi connectivity index (χ0v) is 9.26. The van der Waals surface area contributed by atoms with E-state index in [1.54, 1.807) is 0 Å². The average molecular weight is 258 g/mol. The summed E-state index contributed by atoms with van der Waals surface area (Å²) in [5.41, 5.74) is 0.467. The molecule has 0 aliphatic carbocycles. The van der Waals surface area contributed by atoms with E-state index in [0.717, 1.165) is 10.7 Å². The Morgan fingerprint density at radius 1 is 1.22 bits per heavy atom. The molecule has 9 heavy (non-hydrogen) atoms. The van der Waals surface area contributed by atoms with E-state index in [-0.39, 0.29) is 0 Å². The van der Waals surface area contributed by atoms with Gasteiger partial charge in [-0.15, -0.1) is 0 Å². The fourth-order valence-electron chi connectivity index (χ4n) is 0.773. The van der Waals surface area contributed by atoms with Crippen LogP contribution in [0.4, 0.5) is 0 Å². The van der Waals surface area contributed by atoms with Crippen molar-refractivity contribution < 1.29 is 0 Å². The Bertz CT molecular complexity index is 67.3. The van der Waals surface area contributed by atoms with Crippen molar-refractivity contribution in [2.24, 2.45) is 5.41 Å². The first kappa shape index (κ1) is 9.96. The molecular formula is C7H14Br2. The van der Waals surface area contributed by atoms with E-state index < -0.39 is 0 Å². The van der Waals surface area contributed by atoms with Crippen LogP contribution in [0.5, 0.6) is 0 Å². The van der Waals surface area contributed by atoms with Crippen molar-refractivity contribution >= 4 is 31.9 Å². The molecular weight excluding hydrogens is 244 g/mol. The van der Waals surface area contributed by atoms with Crippen molar-refractivity contribution in [1.29, 1.82) is 0 Å². The second-order valence-corrected chi connectivity index (χ2v) is 3.95. The topological polar surface area (TPSA) is 0 Å². The van der Waals surface area contributed by atoms with Crippen LogP contribution in [0.15, 0.2) is 0 Å². The van der Waals surface area contributed by atoms with Gasteiger partial charge in [-0.3, -0.25) is 0 Å². The summed E-state index contributed by atoms with van der Waals surface area (Å²) in [6.07, 6.45) is 2.57. The molecule has 0 unspecified atom stereocenters. The summed E-state index contributed by atoms with van der Waals surface area (Å²) in [5, 5.41) is 2.19. The van der Waals surface area contributed by atoms with Gasteiger partial charge in [0.15, 0.2) is 0 Å². The summed E-state index contributed by atoms with van der Waals surface area (Å²) in [6, 6.07) is 0. The van der Waals surface area contributed by atoms with Crippen LogP contribution < -0.4 is 0 Å². The van der Waals surface area contributed by atoms with Gasteiger partial charge in [0.2, 0.25) is 0 Å². The van der Waals surface area contributed by atoms with Gasteiger partial charge in [-0.1, -0.05) is 52.1 Å². The molecule has 0 radical (unpaired) electrons. The van der Waals surface area contributed by atoms with Gasteiger partial charge < -0.3 is 0 Å². The molecule has 0 aromatic carbocycles. The van der Waals surface area contributed by atoms with Gasteiger partial charge in [0, 0.05) is 10.7 Å². The normalized spacial score (nSPS) is 12.0. The van der Waals surface area contributed by atoms with E-state index in [9.17, 15) is 0 Å². The van der Waals surface area contributed by atoms with Gasteiger partial charge in [-0.05, 0) is 11.8 Å². The van der Waals surface area contributed by atoms with Crippen LogP contribution in [0.2, 0.25) is 0 Å². The highest BCUT2D eigenvalue weighted by molar-refractivity contribution is 9.09. The third-order valence-corrected chi connectivity index (χ3v) is 4.21. The van der Waals surface area contributed by atoms with Crippen molar-refractivity contribution in [3.63, 3.8) is 0 Å². The molecule has 0 aromatic heterocycles. The van der Waals surface area contributed by atoms with Gasteiger partial charge in [0.25, 0.3) is 0 Å². The summed E-state index contributed by atoms with van der Waals surface area (Å²) in [6.45, 7) is 4.52. The Labute approximate surface area is 74.7 Å². The fraction of sp³-hybridized carbons (Fsp3) is 1.00. The third-order valence-electron chi connectivity index (χ3n) is 1.50. The quantitative estimate of drug-likeness (QED) is 0.676. The minimum Gasteiger partial charge on any atom is -0.0922 e. The second kappa shape index (κ2) is 4.73. The maximum Gasteiger partial charge on any atom is 0.00933 e. The van der Waals surface area contributed by atoms with Gasteiger partial charge in [-0.2, -0.15) is 0 Å². The summed E-state index contributed by atoms with van der Waals surface area (Å²) in [7, 11) is 0. The lowest BCUT2D eigenvalue weighted by atomic mass is 9.91. The molecule has 0 spiro atoms. The van der Waals surface area contributed by atoms with Crippen LogP contribution in [-0.4, -0.2) is 10.7 Å². The standard InChI is InChI=1S/C7H14Br2/c1-3-4-7(2,5-8)6-9/h3-6H2,1-2H3. The molecule has 0 N–H and O–H groups in total. The summed E-state index contributed by atoms with van der Waals surface area (Å²) < 4.78 is 0. The van der Waals surface area contributed by atoms with E-state index in [2.05, 4.69) is 45.7 Å². The molecule has 0 bridgehead atoms. The lowest BCUT2D eigenvalue weighted by Gasteiger charge is -2.23. The van der Waals surface area contributed by atoms with Crippen molar-refractivity contribution in [2.75, 3.05) is 10.7 Å². The molecule has 0 aliphatic rings. The van der Waals surface area contributed by atoms with Crippen molar-refractivity contribution in [3.8, 4) is 0 Å². The van der Waals surface area contributed by atoms with Crippen molar-refractivity contribution in [2.45, 2.75) is 26.7 Å². The van der Waals surface area contributed by atoms with Gasteiger partial charge in [0.05, 0.1) is 0 Å². The minimum atomic E-state index is 0.467. The number of rotatable bonds is 4. The number of hydrogen-bond donors (Lipinski definition) is 0. The largest absolute Gasteiger partial charge is 0.0922 e. The molecule has 0 saturated carbocycles. The van der Waals surface area contributed by atoms with Crippen molar-refractivity contribution in [3.05, 3.63) is 0 Å². The monoisotopic (exact) mass is 256 g/mol. The Hall–Kier alpha value is 0.960. The van der Waals surface area contributed by atoms with Crippen molar-refractivity contribution in [1.82, 2.24) is 0 Å². The van der Waals surface area contributed by atoms with E-state index in [0.29, 0.717) is 5.41 Å². The molecule has 0 amide bonds. The Balaban J connectivity index is 3.62. The molecule has 0 nitrogen and oxygen atoms in total. The zero-order valence-electron chi connectivity index (χ0n) is 6.08. The first-order chi connectivity index (χ1) is 4.18. The first-order valence-electron chi connectivity index (χ1n) is 3.30. The molecule has 0 aliphatic heterocycles. The van der Waals surface area contributed by atoms with Crippen LogP contribution in [-0.2, 0) is 0 Å². The van der Waals surface area contributed by atoms with Crippen LogP contribution in [0.25, 0.3) is 0 Å². The molecule has 0 heterocycles. The minimum absolute atomic E-state index is 0.467. The SMILES string of the molecule is CCCC(C)(CBr)CBr. The van der Waals surface area contributed by atoms with Crippen LogP contribution in [0.3, 0.4) is 0 Å². The summed E-state index contributed by atoms with van der Waals surface area (Å²) in [5.74, 6) is 0. The smallest absolute Gasteiger partial charge is 0.00933 e. The molecule has 0 aromatic rings. The summed E-state index contributed by atoms with van der Waals surface area (Å²) >= 11 is 7.01. The first-order valence-corrected chi connectivity index (χ1v) is 5.55. The maximum absolute atomic E-state index is 3.50. The predicted octanol–water partition coefficient (Wildman–Crippen LogP) is 3.58. The van der Waals surface area contributed by atoms with E-state index in [4.69, 9.17) is 0 Å². The number of halogens is 2. The molecule has 56 valence electrons. The highest BCUT2D eigenvalue weighted by Gasteiger charge is 2.19. The maximum atomic E-state index is 3.50. The molecule has 2 heteroatoms. The van der Waals surface area contributed by atoms with Crippen LogP contribution in [0.1, 0.15) is 26.7 Å². The van der Waals surface area contributed by atoms with Gasteiger partial charge >= 0.3 is 0 Å². The molecule has 0 rings (SSSR count). The van der Waals surface area contributed by atoms with E-state index in [1.807, 2.05) is 0 Å². The average Bonchev–Trinajstić information content (AvgIpc) is 1.89.